The molecule has 0 amide bonds. The van der Waals surface area contributed by atoms with Crippen LogP contribution in [0.2, 0.25) is 10.0 Å². The van der Waals surface area contributed by atoms with Crippen molar-refractivity contribution in [3.05, 3.63) is 63.4 Å². The summed E-state index contributed by atoms with van der Waals surface area (Å²) in [4.78, 5) is 10.7. The first-order chi connectivity index (χ1) is 9.06. The van der Waals surface area contributed by atoms with Gasteiger partial charge in [-0.2, -0.15) is 0 Å². The lowest BCUT2D eigenvalue weighted by Gasteiger charge is -2.08. The highest BCUT2D eigenvalue weighted by Gasteiger charge is 2.03. The zero-order valence-electron chi connectivity index (χ0n) is 9.70. The Balaban J connectivity index is 2.13. The zero-order valence-corrected chi connectivity index (χ0v) is 11.2. The number of halogens is 3. The van der Waals surface area contributed by atoms with Gasteiger partial charge in [0.15, 0.2) is 0 Å². The molecule has 0 unspecified atom stereocenters. The summed E-state index contributed by atoms with van der Waals surface area (Å²) in [6.45, 7) is 0.135. The summed E-state index contributed by atoms with van der Waals surface area (Å²) >= 11 is 11.6. The molecule has 0 atom stereocenters. The van der Waals surface area contributed by atoms with Crippen LogP contribution in [0.15, 0.2) is 36.4 Å². The molecule has 0 saturated carbocycles. The number of aldehydes is 1. The Morgan fingerprint density at radius 2 is 1.79 bits per heavy atom. The van der Waals surface area contributed by atoms with Crippen LogP contribution >= 0.6 is 23.2 Å². The zero-order chi connectivity index (χ0) is 13.8. The molecule has 2 nitrogen and oxygen atoms in total. The molecule has 0 spiro atoms. The van der Waals surface area contributed by atoms with Gasteiger partial charge in [0.2, 0.25) is 0 Å². The SMILES string of the molecule is O=Cc1cc(Cl)cc(OCc2cc(F)cc(Cl)c2)c1. The molecule has 0 heterocycles. The lowest BCUT2D eigenvalue weighted by Crippen LogP contribution is -1.97. The Hall–Kier alpha value is -1.58. The normalized spacial score (nSPS) is 10.3. The molecule has 0 radical (unpaired) electrons. The van der Waals surface area contributed by atoms with E-state index in [1.54, 1.807) is 18.2 Å². The lowest BCUT2D eigenvalue weighted by molar-refractivity contribution is 0.112. The summed E-state index contributed by atoms with van der Waals surface area (Å²) in [6.07, 6.45) is 0.678. The molecule has 2 rings (SSSR count). The number of hydrogen-bond donors (Lipinski definition) is 0. The fraction of sp³-hybridized carbons (Fsp3) is 0.0714. The number of carbonyl (C=O) groups is 1. The van der Waals surface area contributed by atoms with Crippen molar-refractivity contribution in [3.63, 3.8) is 0 Å². The highest BCUT2D eigenvalue weighted by molar-refractivity contribution is 6.31. The molecule has 0 saturated heterocycles. The largest absolute Gasteiger partial charge is 0.489 e. The Labute approximate surface area is 119 Å². The van der Waals surface area contributed by atoms with Crippen molar-refractivity contribution in [3.8, 4) is 5.75 Å². The Morgan fingerprint density at radius 3 is 2.47 bits per heavy atom. The fourth-order valence-electron chi connectivity index (χ4n) is 1.60. The van der Waals surface area contributed by atoms with Crippen molar-refractivity contribution in [2.75, 3.05) is 0 Å². The molecular formula is C14H9Cl2FO2. The molecule has 2 aromatic carbocycles. The molecule has 0 aliphatic heterocycles. The number of rotatable bonds is 4. The first-order valence-electron chi connectivity index (χ1n) is 5.40. The molecule has 0 aliphatic rings. The predicted molar refractivity (Wildman–Crippen MR) is 72.6 cm³/mol. The first-order valence-corrected chi connectivity index (χ1v) is 6.16. The van der Waals surface area contributed by atoms with Gasteiger partial charge in [0, 0.05) is 15.6 Å². The van der Waals surface area contributed by atoms with E-state index in [4.69, 9.17) is 27.9 Å². The molecule has 19 heavy (non-hydrogen) atoms. The van der Waals surface area contributed by atoms with Gasteiger partial charge in [0.1, 0.15) is 24.5 Å². The third-order valence-electron chi connectivity index (χ3n) is 2.36. The van der Waals surface area contributed by atoms with E-state index < -0.39 is 5.82 Å². The molecule has 0 bridgehead atoms. The van der Waals surface area contributed by atoms with Crippen LogP contribution in [-0.4, -0.2) is 6.29 Å². The van der Waals surface area contributed by atoms with Crippen molar-refractivity contribution in [2.45, 2.75) is 6.61 Å². The molecule has 0 fully saturated rings. The van der Waals surface area contributed by atoms with Crippen LogP contribution in [0, 0.1) is 5.82 Å². The van der Waals surface area contributed by atoms with Crippen LogP contribution in [0.1, 0.15) is 15.9 Å². The summed E-state index contributed by atoms with van der Waals surface area (Å²) < 4.78 is 18.6. The monoisotopic (exact) mass is 298 g/mol. The number of benzene rings is 2. The quantitative estimate of drug-likeness (QED) is 0.776. The summed E-state index contributed by atoms with van der Waals surface area (Å²) in [5.41, 5.74) is 1.01. The Bertz CT molecular complexity index is 594. The first kappa shape index (κ1) is 13.8. The Kier molecular flexibility index (Phi) is 4.40. The molecular weight excluding hydrogens is 290 g/mol. The summed E-state index contributed by atoms with van der Waals surface area (Å²) in [6, 6.07) is 8.82. The van der Waals surface area contributed by atoms with Crippen LogP contribution in [0.5, 0.6) is 5.75 Å². The van der Waals surface area contributed by atoms with Crippen molar-refractivity contribution in [2.24, 2.45) is 0 Å². The summed E-state index contributed by atoms with van der Waals surface area (Å²) in [5, 5.41) is 0.704. The molecule has 2 aromatic rings. The van der Waals surface area contributed by atoms with E-state index in [0.29, 0.717) is 33.2 Å². The van der Waals surface area contributed by atoms with Gasteiger partial charge in [-0.1, -0.05) is 23.2 Å². The van der Waals surface area contributed by atoms with Gasteiger partial charge in [-0.25, -0.2) is 4.39 Å². The second-order valence-corrected chi connectivity index (χ2v) is 4.78. The lowest BCUT2D eigenvalue weighted by atomic mass is 10.2. The minimum atomic E-state index is -0.425. The molecule has 98 valence electrons. The van der Waals surface area contributed by atoms with E-state index in [-0.39, 0.29) is 6.61 Å². The van der Waals surface area contributed by atoms with Gasteiger partial charge in [-0.3, -0.25) is 4.79 Å². The van der Waals surface area contributed by atoms with Crippen LogP contribution < -0.4 is 4.74 Å². The standard InChI is InChI=1S/C14H9Cl2FO2/c15-11-2-10(3-13(17)5-11)8-19-14-4-9(7-18)1-12(16)6-14/h1-7H,8H2. The van der Waals surface area contributed by atoms with Gasteiger partial charge in [-0.15, -0.1) is 0 Å². The van der Waals surface area contributed by atoms with Crippen LogP contribution in [-0.2, 0) is 6.61 Å². The maximum absolute atomic E-state index is 13.1. The second-order valence-electron chi connectivity index (χ2n) is 3.90. The smallest absolute Gasteiger partial charge is 0.150 e. The van der Waals surface area contributed by atoms with Crippen molar-refractivity contribution >= 4 is 29.5 Å². The van der Waals surface area contributed by atoms with Gasteiger partial charge in [0.25, 0.3) is 0 Å². The van der Waals surface area contributed by atoms with E-state index in [9.17, 15) is 9.18 Å². The van der Waals surface area contributed by atoms with Crippen LogP contribution in [0.25, 0.3) is 0 Å². The van der Waals surface area contributed by atoms with Gasteiger partial charge in [-0.05, 0) is 42.0 Å². The van der Waals surface area contributed by atoms with Gasteiger partial charge in [0.05, 0.1) is 0 Å². The third-order valence-corrected chi connectivity index (χ3v) is 2.79. The summed E-state index contributed by atoms with van der Waals surface area (Å²) in [7, 11) is 0. The minimum Gasteiger partial charge on any atom is -0.489 e. The van der Waals surface area contributed by atoms with E-state index in [0.717, 1.165) is 0 Å². The highest BCUT2D eigenvalue weighted by Crippen LogP contribution is 2.22. The number of carbonyl (C=O) groups excluding carboxylic acids is 1. The van der Waals surface area contributed by atoms with Gasteiger partial charge >= 0.3 is 0 Å². The maximum atomic E-state index is 13.1. The van der Waals surface area contributed by atoms with Crippen molar-refractivity contribution in [1.82, 2.24) is 0 Å². The van der Waals surface area contributed by atoms with Crippen molar-refractivity contribution in [1.29, 1.82) is 0 Å². The van der Waals surface area contributed by atoms with Crippen LogP contribution in [0.3, 0.4) is 0 Å². The predicted octanol–water partition coefficient (Wildman–Crippen LogP) is 4.52. The topological polar surface area (TPSA) is 26.3 Å². The highest BCUT2D eigenvalue weighted by atomic mass is 35.5. The molecule has 0 aromatic heterocycles. The minimum absolute atomic E-state index is 0.135. The third kappa shape index (κ3) is 3.94. The second kappa shape index (κ2) is 6.04. The van der Waals surface area contributed by atoms with Crippen molar-refractivity contribution < 1.29 is 13.9 Å². The van der Waals surface area contributed by atoms with E-state index in [1.807, 2.05) is 0 Å². The molecule has 0 aliphatic carbocycles. The number of hydrogen-bond acceptors (Lipinski definition) is 2. The maximum Gasteiger partial charge on any atom is 0.150 e. The molecule has 0 N–H and O–H groups in total. The van der Waals surface area contributed by atoms with Crippen LogP contribution in [0.4, 0.5) is 4.39 Å². The summed E-state index contributed by atoms with van der Waals surface area (Å²) in [5.74, 6) is 0.0146. The molecule has 5 heteroatoms. The average Bonchev–Trinajstić information content (AvgIpc) is 2.34. The Morgan fingerprint density at radius 1 is 1.05 bits per heavy atom. The van der Waals surface area contributed by atoms with E-state index in [1.165, 1.54) is 18.2 Å². The van der Waals surface area contributed by atoms with E-state index in [2.05, 4.69) is 0 Å². The fourth-order valence-corrected chi connectivity index (χ4v) is 2.07. The number of ether oxygens (including phenoxy) is 1. The average molecular weight is 299 g/mol. The van der Waals surface area contributed by atoms with Gasteiger partial charge < -0.3 is 4.74 Å². The van der Waals surface area contributed by atoms with E-state index >= 15 is 0 Å².